The number of hydrogen-bond acceptors (Lipinski definition) is 3. The van der Waals surface area contributed by atoms with Gasteiger partial charge in [-0.15, -0.1) is 0 Å². The molecule has 1 fully saturated rings. The van der Waals surface area contributed by atoms with Crippen LogP contribution in [0.25, 0.3) is 0 Å². The Labute approximate surface area is 96.1 Å². The molecule has 0 amide bonds. The summed E-state index contributed by atoms with van der Waals surface area (Å²) in [4.78, 5) is 5.93. The minimum atomic E-state index is -0.317. The van der Waals surface area contributed by atoms with Gasteiger partial charge in [0.2, 0.25) is 0 Å². The van der Waals surface area contributed by atoms with Gasteiger partial charge in [0.25, 0.3) is 0 Å². The molecule has 0 radical (unpaired) electrons. The van der Waals surface area contributed by atoms with E-state index < -0.39 is 0 Å². The summed E-state index contributed by atoms with van der Waals surface area (Å²) in [6.45, 7) is 1.60. The number of anilines is 1. The lowest BCUT2D eigenvalue weighted by atomic mass is 10.1. The van der Waals surface area contributed by atoms with Crippen molar-refractivity contribution in [2.75, 3.05) is 24.6 Å². The van der Waals surface area contributed by atoms with Crippen molar-refractivity contribution in [3.05, 3.63) is 22.6 Å². The highest BCUT2D eigenvalue weighted by Crippen LogP contribution is 2.25. The molecule has 1 aliphatic rings. The van der Waals surface area contributed by atoms with Crippen molar-refractivity contribution in [1.82, 2.24) is 4.98 Å². The first kappa shape index (κ1) is 10.8. The standard InChI is InChI=1S/C10H12BrFN2O/c11-8-3-9(12)10(13-4-8)14-2-1-7(5-14)6-15/h3-4,7,15H,1-2,5-6H2. The van der Waals surface area contributed by atoms with Gasteiger partial charge < -0.3 is 10.0 Å². The van der Waals surface area contributed by atoms with Crippen LogP contribution in [0.1, 0.15) is 6.42 Å². The zero-order valence-electron chi connectivity index (χ0n) is 8.16. The lowest BCUT2D eigenvalue weighted by Crippen LogP contribution is -2.22. The molecule has 1 unspecified atom stereocenters. The van der Waals surface area contributed by atoms with Crippen molar-refractivity contribution >= 4 is 21.7 Å². The Morgan fingerprint density at radius 2 is 2.47 bits per heavy atom. The van der Waals surface area contributed by atoms with Gasteiger partial charge in [0.1, 0.15) is 0 Å². The van der Waals surface area contributed by atoms with E-state index in [4.69, 9.17) is 5.11 Å². The Hall–Kier alpha value is -0.680. The number of pyridine rings is 1. The van der Waals surface area contributed by atoms with E-state index in [0.717, 1.165) is 13.0 Å². The second kappa shape index (κ2) is 4.45. The number of nitrogens with zero attached hydrogens (tertiary/aromatic N) is 2. The van der Waals surface area contributed by atoms with Gasteiger partial charge in [-0.3, -0.25) is 0 Å². The van der Waals surface area contributed by atoms with Gasteiger partial charge in [0.15, 0.2) is 11.6 Å². The van der Waals surface area contributed by atoms with Crippen molar-refractivity contribution in [3.63, 3.8) is 0 Å². The van der Waals surface area contributed by atoms with E-state index in [-0.39, 0.29) is 18.3 Å². The van der Waals surface area contributed by atoms with Crippen LogP contribution in [-0.2, 0) is 0 Å². The summed E-state index contributed by atoms with van der Waals surface area (Å²) in [5.41, 5.74) is 0. The molecule has 0 saturated carbocycles. The van der Waals surface area contributed by atoms with Crippen molar-refractivity contribution < 1.29 is 9.50 Å². The summed E-state index contributed by atoms with van der Waals surface area (Å²) in [5, 5.41) is 9.00. The number of halogens is 2. The molecule has 0 aromatic carbocycles. The van der Waals surface area contributed by atoms with Crippen LogP contribution in [0.2, 0.25) is 0 Å². The third-order valence-electron chi connectivity index (χ3n) is 2.63. The van der Waals surface area contributed by atoms with Crippen LogP contribution >= 0.6 is 15.9 Å². The molecule has 1 aliphatic heterocycles. The van der Waals surface area contributed by atoms with Crippen molar-refractivity contribution in [2.24, 2.45) is 5.92 Å². The maximum absolute atomic E-state index is 13.5. The lowest BCUT2D eigenvalue weighted by molar-refractivity contribution is 0.238. The van der Waals surface area contributed by atoms with Crippen molar-refractivity contribution in [1.29, 1.82) is 0 Å². The predicted octanol–water partition coefficient (Wildman–Crippen LogP) is 1.80. The molecule has 5 heteroatoms. The first-order valence-corrected chi connectivity index (χ1v) is 5.67. The Bertz CT molecular complexity index is 361. The molecule has 82 valence electrons. The Morgan fingerprint density at radius 3 is 3.07 bits per heavy atom. The topological polar surface area (TPSA) is 36.4 Å². The summed E-state index contributed by atoms with van der Waals surface area (Å²) < 4.78 is 14.2. The predicted molar refractivity (Wildman–Crippen MR) is 59.3 cm³/mol. The first-order chi connectivity index (χ1) is 7.20. The highest BCUT2D eigenvalue weighted by Gasteiger charge is 2.24. The number of aromatic nitrogens is 1. The maximum Gasteiger partial charge on any atom is 0.166 e. The third-order valence-corrected chi connectivity index (χ3v) is 3.07. The van der Waals surface area contributed by atoms with E-state index in [1.165, 1.54) is 6.07 Å². The minimum Gasteiger partial charge on any atom is -0.396 e. The summed E-state index contributed by atoms with van der Waals surface area (Å²) in [7, 11) is 0. The van der Waals surface area contributed by atoms with Gasteiger partial charge in [-0.25, -0.2) is 9.37 Å². The van der Waals surface area contributed by atoms with Gasteiger partial charge in [0, 0.05) is 36.3 Å². The second-order valence-electron chi connectivity index (χ2n) is 3.74. The SMILES string of the molecule is OCC1CCN(c2ncc(Br)cc2F)C1. The van der Waals surface area contributed by atoms with E-state index in [2.05, 4.69) is 20.9 Å². The van der Waals surface area contributed by atoms with Gasteiger partial charge in [-0.2, -0.15) is 0 Å². The number of rotatable bonds is 2. The Morgan fingerprint density at radius 1 is 1.67 bits per heavy atom. The molecule has 1 atom stereocenters. The summed E-state index contributed by atoms with van der Waals surface area (Å²) in [5.74, 6) is 0.312. The molecule has 0 aliphatic carbocycles. The fourth-order valence-electron chi connectivity index (χ4n) is 1.81. The van der Waals surface area contributed by atoms with Gasteiger partial charge in [-0.05, 0) is 28.4 Å². The molecule has 3 nitrogen and oxygen atoms in total. The van der Waals surface area contributed by atoms with Gasteiger partial charge in [-0.1, -0.05) is 0 Å². The molecule has 1 aromatic rings. The fourth-order valence-corrected chi connectivity index (χ4v) is 2.12. The van der Waals surface area contributed by atoms with E-state index in [0.29, 0.717) is 16.8 Å². The average molecular weight is 275 g/mol. The fraction of sp³-hybridized carbons (Fsp3) is 0.500. The minimum absolute atomic E-state index is 0.161. The molecule has 1 N–H and O–H groups in total. The molecule has 0 spiro atoms. The van der Waals surface area contributed by atoms with E-state index in [9.17, 15) is 4.39 Å². The molecule has 1 saturated heterocycles. The van der Waals surface area contributed by atoms with E-state index in [1.807, 2.05) is 4.90 Å². The van der Waals surface area contributed by atoms with Crippen LogP contribution in [0.15, 0.2) is 16.7 Å². The van der Waals surface area contributed by atoms with Crippen LogP contribution in [0, 0.1) is 11.7 Å². The lowest BCUT2D eigenvalue weighted by Gasteiger charge is -2.17. The van der Waals surface area contributed by atoms with Crippen LogP contribution in [0.4, 0.5) is 10.2 Å². The Kier molecular flexibility index (Phi) is 3.21. The first-order valence-electron chi connectivity index (χ1n) is 4.87. The maximum atomic E-state index is 13.5. The average Bonchev–Trinajstić information content (AvgIpc) is 2.66. The van der Waals surface area contributed by atoms with Gasteiger partial charge in [0.05, 0.1) is 0 Å². The van der Waals surface area contributed by atoms with E-state index in [1.54, 1.807) is 6.20 Å². The molecular weight excluding hydrogens is 263 g/mol. The van der Waals surface area contributed by atoms with Crippen LogP contribution < -0.4 is 4.90 Å². The Balaban J connectivity index is 2.17. The van der Waals surface area contributed by atoms with Crippen molar-refractivity contribution in [2.45, 2.75) is 6.42 Å². The molecule has 2 rings (SSSR count). The summed E-state index contributed by atoms with van der Waals surface area (Å²) in [6.07, 6.45) is 2.48. The summed E-state index contributed by atoms with van der Waals surface area (Å²) >= 11 is 3.17. The molecule has 0 bridgehead atoms. The third kappa shape index (κ3) is 2.29. The molecular formula is C10H12BrFN2O. The zero-order valence-corrected chi connectivity index (χ0v) is 9.74. The quantitative estimate of drug-likeness (QED) is 0.894. The highest BCUT2D eigenvalue weighted by atomic mass is 79.9. The smallest absolute Gasteiger partial charge is 0.166 e. The van der Waals surface area contributed by atoms with Gasteiger partial charge >= 0.3 is 0 Å². The molecule has 15 heavy (non-hydrogen) atoms. The second-order valence-corrected chi connectivity index (χ2v) is 4.66. The summed E-state index contributed by atoms with van der Waals surface area (Å²) in [6, 6.07) is 1.41. The van der Waals surface area contributed by atoms with Crippen LogP contribution in [0.3, 0.4) is 0 Å². The number of aliphatic hydroxyl groups is 1. The monoisotopic (exact) mass is 274 g/mol. The normalized spacial score (nSPS) is 21.0. The van der Waals surface area contributed by atoms with Crippen molar-refractivity contribution in [3.8, 4) is 0 Å². The number of aliphatic hydroxyl groups excluding tert-OH is 1. The molecule has 1 aromatic heterocycles. The zero-order chi connectivity index (χ0) is 10.8. The highest BCUT2D eigenvalue weighted by molar-refractivity contribution is 9.10. The van der Waals surface area contributed by atoms with E-state index >= 15 is 0 Å². The number of hydrogen-bond donors (Lipinski definition) is 1. The van der Waals surface area contributed by atoms with Crippen LogP contribution in [0.5, 0.6) is 0 Å². The largest absolute Gasteiger partial charge is 0.396 e. The van der Waals surface area contributed by atoms with Crippen LogP contribution in [-0.4, -0.2) is 29.8 Å². The molecule has 2 heterocycles.